The van der Waals surface area contributed by atoms with E-state index in [-0.39, 0.29) is 6.10 Å². The van der Waals surface area contributed by atoms with E-state index in [1.165, 1.54) is 0 Å². The SMILES string of the molecule is OC1CCc2c(Cl)nc(-c3ccc(Br)o3)n2C1. The van der Waals surface area contributed by atoms with E-state index in [1.54, 1.807) is 0 Å². The molecule has 0 radical (unpaired) electrons. The van der Waals surface area contributed by atoms with E-state index in [0.29, 0.717) is 28.0 Å². The maximum Gasteiger partial charge on any atom is 0.178 e. The van der Waals surface area contributed by atoms with Gasteiger partial charge in [0.05, 0.1) is 18.3 Å². The molecule has 3 rings (SSSR count). The number of aromatic nitrogens is 2. The average Bonchev–Trinajstić information content (AvgIpc) is 2.83. The highest BCUT2D eigenvalue weighted by molar-refractivity contribution is 9.10. The average molecular weight is 318 g/mol. The maximum atomic E-state index is 9.71. The topological polar surface area (TPSA) is 51.2 Å². The standard InChI is InChI=1S/C11H10BrClN2O2/c12-9-4-3-8(17-9)11-14-10(13)7-2-1-6(16)5-15(7)11/h3-4,6,16H,1-2,5H2. The lowest BCUT2D eigenvalue weighted by molar-refractivity contribution is 0.132. The van der Waals surface area contributed by atoms with Crippen molar-refractivity contribution in [1.29, 1.82) is 0 Å². The molecule has 0 fully saturated rings. The summed E-state index contributed by atoms with van der Waals surface area (Å²) in [6.07, 6.45) is 1.13. The molecule has 3 heterocycles. The Hall–Kier alpha value is -0.780. The first-order chi connectivity index (χ1) is 8.15. The van der Waals surface area contributed by atoms with E-state index in [2.05, 4.69) is 20.9 Å². The van der Waals surface area contributed by atoms with Crippen LogP contribution < -0.4 is 0 Å². The number of aliphatic hydroxyl groups is 1. The van der Waals surface area contributed by atoms with Gasteiger partial charge in [0.25, 0.3) is 0 Å². The number of rotatable bonds is 1. The van der Waals surface area contributed by atoms with Gasteiger partial charge in [-0.05, 0) is 40.9 Å². The molecule has 1 N–H and O–H groups in total. The molecule has 0 saturated heterocycles. The first-order valence-corrected chi connectivity index (χ1v) is 6.51. The molecule has 4 nitrogen and oxygen atoms in total. The highest BCUT2D eigenvalue weighted by Gasteiger charge is 2.25. The summed E-state index contributed by atoms with van der Waals surface area (Å²) in [5.74, 6) is 1.33. The minimum atomic E-state index is -0.343. The van der Waals surface area contributed by atoms with Crippen LogP contribution in [-0.4, -0.2) is 20.8 Å². The van der Waals surface area contributed by atoms with Gasteiger partial charge in [0, 0.05) is 0 Å². The van der Waals surface area contributed by atoms with Crippen LogP contribution in [0, 0.1) is 0 Å². The molecule has 17 heavy (non-hydrogen) atoms. The van der Waals surface area contributed by atoms with Crippen LogP contribution >= 0.6 is 27.5 Å². The normalized spacial score (nSPS) is 19.4. The Morgan fingerprint density at radius 2 is 2.35 bits per heavy atom. The zero-order chi connectivity index (χ0) is 12.0. The molecule has 1 unspecified atom stereocenters. The van der Waals surface area contributed by atoms with Crippen molar-refractivity contribution in [2.75, 3.05) is 0 Å². The predicted molar refractivity (Wildman–Crippen MR) is 67.0 cm³/mol. The van der Waals surface area contributed by atoms with Crippen molar-refractivity contribution in [3.8, 4) is 11.6 Å². The van der Waals surface area contributed by atoms with Crippen LogP contribution in [0.15, 0.2) is 21.2 Å². The molecule has 90 valence electrons. The molecule has 1 atom stereocenters. The first-order valence-electron chi connectivity index (χ1n) is 5.34. The van der Waals surface area contributed by atoms with Gasteiger partial charge in [-0.2, -0.15) is 0 Å². The minimum absolute atomic E-state index is 0.343. The Balaban J connectivity index is 2.12. The summed E-state index contributed by atoms with van der Waals surface area (Å²) in [6, 6.07) is 3.64. The van der Waals surface area contributed by atoms with Crippen LogP contribution in [-0.2, 0) is 13.0 Å². The second-order valence-corrected chi connectivity index (χ2v) is 5.22. The summed E-state index contributed by atoms with van der Waals surface area (Å²) in [5, 5.41) is 10.2. The molecule has 6 heteroatoms. The maximum absolute atomic E-state index is 9.71. The Morgan fingerprint density at radius 3 is 3.06 bits per heavy atom. The second-order valence-electron chi connectivity index (χ2n) is 4.08. The van der Waals surface area contributed by atoms with Gasteiger partial charge in [0.1, 0.15) is 0 Å². The van der Waals surface area contributed by atoms with Crippen molar-refractivity contribution in [1.82, 2.24) is 9.55 Å². The molecule has 0 bridgehead atoms. The van der Waals surface area contributed by atoms with Crippen LogP contribution in [0.3, 0.4) is 0 Å². The Bertz CT molecular complexity index is 564. The zero-order valence-corrected chi connectivity index (χ0v) is 11.2. The lowest BCUT2D eigenvalue weighted by Crippen LogP contribution is -2.24. The Morgan fingerprint density at radius 1 is 1.53 bits per heavy atom. The molecule has 0 amide bonds. The van der Waals surface area contributed by atoms with Gasteiger partial charge in [-0.3, -0.25) is 0 Å². The van der Waals surface area contributed by atoms with E-state index in [9.17, 15) is 5.11 Å². The molecular formula is C11H10BrClN2O2. The minimum Gasteiger partial charge on any atom is -0.446 e. The van der Waals surface area contributed by atoms with Crippen LogP contribution in [0.4, 0.5) is 0 Å². The van der Waals surface area contributed by atoms with E-state index in [1.807, 2.05) is 16.7 Å². The number of nitrogens with zero attached hydrogens (tertiary/aromatic N) is 2. The second kappa shape index (κ2) is 4.15. The summed E-state index contributed by atoms with van der Waals surface area (Å²) in [6.45, 7) is 0.517. The Kier molecular flexibility index (Phi) is 2.77. The number of imidazole rings is 1. The van der Waals surface area contributed by atoms with Crippen molar-refractivity contribution >= 4 is 27.5 Å². The van der Waals surface area contributed by atoms with Crippen LogP contribution in [0.1, 0.15) is 12.1 Å². The number of furan rings is 1. The largest absolute Gasteiger partial charge is 0.446 e. The van der Waals surface area contributed by atoms with Crippen molar-refractivity contribution in [2.45, 2.75) is 25.5 Å². The summed E-state index contributed by atoms with van der Waals surface area (Å²) >= 11 is 9.36. The third-order valence-corrected chi connectivity index (χ3v) is 3.65. The summed E-state index contributed by atoms with van der Waals surface area (Å²) in [4.78, 5) is 4.31. The highest BCUT2D eigenvalue weighted by Crippen LogP contribution is 2.31. The molecule has 0 aliphatic carbocycles. The lowest BCUT2D eigenvalue weighted by Gasteiger charge is -2.21. The number of hydrogen-bond acceptors (Lipinski definition) is 3. The summed E-state index contributed by atoms with van der Waals surface area (Å²) in [5.41, 5.74) is 0.972. The molecule has 0 spiro atoms. The highest BCUT2D eigenvalue weighted by atomic mass is 79.9. The van der Waals surface area contributed by atoms with Crippen molar-refractivity contribution in [2.24, 2.45) is 0 Å². The van der Waals surface area contributed by atoms with E-state index < -0.39 is 0 Å². The smallest absolute Gasteiger partial charge is 0.178 e. The van der Waals surface area contributed by atoms with Gasteiger partial charge in [0.15, 0.2) is 21.4 Å². The number of aliphatic hydroxyl groups excluding tert-OH is 1. The Labute approximate surface area is 111 Å². The molecular weight excluding hydrogens is 307 g/mol. The first kappa shape index (κ1) is 11.3. The fourth-order valence-corrected chi connectivity index (χ4v) is 2.70. The van der Waals surface area contributed by atoms with Gasteiger partial charge in [-0.1, -0.05) is 11.6 Å². The fraction of sp³-hybridized carbons (Fsp3) is 0.364. The van der Waals surface area contributed by atoms with Gasteiger partial charge in [-0.25, -0.2) is 4.98 Å². The van der Waals surface area contributed by atoms with Crippen LogP contribution in [0.5, 0.6) is 0 Å². The quantitative estimate of drug-likeness (QED) is 0.880. The molecule has 0 saturated carbocycles. The molecule has 2 aromatic heterocycles. The summed E-state index contributed by atoms with van der Waals surface area (Å²) < 4.78 is 8.06. The molecule has 2 aromatic rings. The fourth-order valence-electron chi connectivity index (χ4n) is 2.12. The van der Waals surface area contributed by atoms with Gasteiger partial charge in [-0.15, -0.1) is 0 Å². The zero-order valence-electron chi connectivity index (χ0n) is 8.86. The third-order valence-electron chi connectivity index (χ3n) is 2.92. The number of fused-ring (bicyclic) bond motifs is 1. The van der Waals surface area contributed by atoms with Crippen molar-refractivity contribution in [3.05, 3.63) is 27.6 Å². The third kappa shape index (κ3) is 1.92. The molecule has 1 aliphatic rings. The van der Waals surface area contributed by atoms with Gasteiger partial charge < -0.3 is 14.1 Å². The van der Waals surface area contributed by atoms with Crippen LogP contribution in [0.2, 0.25) is 5.15 Å². The monoisotopic (exact) mass is 316 g/mol. The van der Waals surface area contributed by atoms with Gasteiger partial charge >= 0.3 is 0 Å². The van der Waals surface area contributed by atoms with E-state index in [4.69, 9.17) is 16.0 Å². The number of halogens is 2. The van der Waals surface area contributed by atoms with E-state index >= 15 is 0 Å². The number of hydrogen-bond donors (Lipinski definition) is 1. The van der Waals surface area contributed by atoms with Crippen molar-refractivity contribution in [3.63, 3.8) is 0 Å². The predicted octanol–water partition coefficient (Wildman–Crippen LogP) is 2.87. The summed E-state index contributed by atoms with van der Waals surface area (Å²) in [7, 11) is 0. The van der Waals surface area contributed by atoms with E-state index in [0.717, 1.165) is 18.5 Å². The molecule has 1 aliphatic heterocycles. The van der Waals surface area contributed by atoms with Gasteiger partial charge in [0.2, 0.25) is 0 Å². The van der Waals surface area contributed by atoms with Crippen molar-refractivity contribution < 1.29 is 9.52 Å². The van der Waals surface area contributed by atoms with Crippen LogP contribution in [0.25, 0.3) is 11.6 Å². The molecule has 0 aromatic carbocycles. The lowest BCUT2D eigenvalue weighted by atomic mass is 10.1.